The molecule has 2 aromatic rings. The summed E-state index contributed by atoms with van der Waals surface area (Å²) in [5.74, 6) is -0.646. The molecule has 0 bridgehead atoms. The minimum atomic E-state index is -0.331. The molecule has 0 aromatic heterocycles. The predicted octanol–water partition coefficient (Wildman–Crippen LogP) is 3.23. The smallest absolute Gasteiger partial charge is 0.253 e. The van der Waals surface area contributed by atoms with E-state index in [0.717, 1.165) is 57.4 Å². The maximum atomic E-state index is 13.6. The van der Waals surface area contributed by atoms with Crippen LogP contribution in [0, 0.1) is 0 Å². The number of nitrogens with one attached hydrogen (secondary N) is 2. The Morgan fingerprint density at radius 2 is 1.53 bits per heavy atom. The highest BCUT2D eigenvalue weighted by Crippen LogP contribution is 2.40. The highest BCUT2D eigenvalue weighted by atomic mass is 16.2. The zero-order valence-electron chi connectivity index (χ0n) is 20.5. The molecule has 0 saturated carbocycles. The Balaban J connectivity index is 1.39. The molecule has 36 heavy (non-hydrogen) atoms. The van der Waals surface area contributed by atoms with E-state index in [2.05, 4.69) is 15.5 Å². The lowest BCUT2D eigenvalue weighted by Crippen LogP contribution is -2.56. The molecule has 3 aliphatic heterocycles. The highest BCUT2D eigenvalue weighted by Gasteiger charge is 2.40. The minimum absolute atomic E-state index is 0.0350. The average Bonchev–Trinajstić information content (AvgIpc) is 3.42. The lowest BCUT2D eigenvalue weighted by Gasteiger charge is -2.45. The molecule has 0 unspecified atom stereocenters. The maximum Gasteiger partial charge on any atom is 0.253 e. The van der Waals surface area contributed by atoms with Gasteiger partial charge in [0, 0.05) is 43.5 Å². The van der Waals surface area contributed by atoms with Gasteiger partial charge in [0.1, 0.15) is 12.6 Å². The first kappa shape index (κ1) is 23.8. The molecule has 0 spiro atoms. The van der Waals surface area contributed by atoms with Crippen LogP contribution in [0.4, 0.5) is 22.7 Å². The molecule has 5 rings (SSSR count). The van der Waals surface area contributed by atoms with Crippen LogP contribution in [-0.4, -0.2) is 60.7 Å². The summed E-state index contributed by atoms with van der Waals surface area (Å²) in [6.07, 6.45) is 4.72. The molecule has 0 aliphatic carbocycles. The van der Waals surface area contributed by atoms with Gasteiger partial charge in [-0.05, 0) is 74.6 Å². The Labute approximate surface area is 210 Å². The minimum Gasteiger partial charge on any atom is -0.358 e. The molecular weight excluding hydrogens is 458 g/mol. The fraction of sp³-hybridized carbons (Fsp3) is 0.407. The van der Waals surface area contributed by atoms with Gasteiger partial charge in [0.15, 0.2) is 0 Å². The van der Waals surface area contributed by atoms with Crippen LogP contribution >= 0.6 is 0 Å². The number of likely N-dealkylation sites (tertiary alicyclic amines) is 1. The van der Waals surface area contributed by atoms with Gasteiger partial charge in [-0.15, -0.1) is 0 Å². The van der Waals surface area contributed by atoms with Crippen LogP contribution in [0.25, 0.3) is 0 Å². The van der Waals surface area contributed by atoms with Gasteiger partial charge in [-0.2, -0.15) is 0 Å². The number of benzene rings is 2. The second-order valence-electron chi connectivity index (χ2n) is 9.64. The summed E-state index contributed by atoms with van der Waals surface area (Å²) < 4.78 is 0. The summed E-state index contributed by atoms with van der Waals surface area (Å²) in [7, 11) is 0. The Bertz CT molecular complexity index is 1190. The Kier molecular flexibility index (Phi) is 6.63. The summed E-state index contributed by atoms with van der Waals surface area (Å²) in [5, 5.41) is 5.53. The molecule has 4 amide bonds. The van der Waals surface area contributed by atoms with Gasteiger partial charge in [-0.1, -0.05) is 0 Å². The fourth-order valence-electron chi connectivity index (χ4n) is 5.34. The number of carbonyl (C=O) groups is 4. The molecular formula is C27H31N5O4. The van der Waals surface area contributed by atoms with E-state index in [-0.39, 0.29) is 36.2 Å². The lowest BCUT2D eigenvalue weighted by molar-refractivity contribution is -0.123. The van der Waals surface area contributed by atoms with E-state index in [9.17, 15) is 19.2 Å². The largest absolute Gasteiger partial charge is 0.358 e. The molecule has 2 fully saturated rings. The standard InChI is InChI=1S/C27H31N5O4/c1-18(33)28-20-8-10-21(11-9-20)29-25(34)17-32-24-16-19(26(35)30-13-4-5-14-30)7-12-22(24)31-15-3-2-6-23(31)27(32)36/h7-12,16,23H,2-6,13-15,17H2,1H3,(H,28,33)(H,29,34)/t23-/m1/s1. The summed E-state index contributed by atoms with van der Waals surface area (Å²) in [6, 6.07) is 12.0. The third kappa shape index (κ3) is 4.78. The van der Waals surface area contributed by atoms with E-state index in [4.69, 9.17) is 0 Å². The first-order valence-electron chi connectivity index (χ1n) is 12.6. The topological polar surface area (TPSA) is 102 Å². The van der Waals surface area contributed by atoms with Crippen LogP contribution in [0.15, 0.2) is 42.5 Å². The number of hydrogen-bond acceptors (Lipinski definition) is 5. The lowest BCUT2D eigenvalue weighted by atomic mass is 9.95. The number of rotatable bonds is 5. The van der Waals surface area contributed by atoms with E-state index in [1.165, 1.54) is 11.8 Å². The van der Waals surface area contributed by atoms with Crippen molar-refractivity contribution in [3.63, 3.8) is 0 Å². The molecule has 2 saturated heterocycles. The molecule has 9 heteroatoms. The zero-order valence-corrected chi connectivity index (χ0v) is 20.5. The molecule has 3 aliphatic rings. The number of anilines is 4. The molecule has 2 aromatic carbocycles. The van der Waals surface area contributed by atoms with E-state index >= 15 is 0 Å². The van der Waals surface area contributed by atoms with E-state index in [1.54, 1.807) is 30.3 Å². The zero-order chi connectivity index (χ0) is 25.2. The number of amides is 4. The van der Waals surface area contributed by atoms with Crippen LogP contribution < -0.4 is 20.4 Å². The first-order valence-corrected chi connectivity index (χ1v) is 12.6. The third-order valence-corrected chi connectivity index (χ3v) is 7.06. The number of nitrogens with zero attached hydrogens (tertiary/aromatic N) is 3. The van der Waals surface area contributed by atoms with Crippen molar-refractivity contribution in [3.8, 4) is 0 Å². The second kappa shape index (κ2) is 10.0. The number of fused-ring (bicyclic) bond motifs is 3. The Morgan fingerprint density at radius 1 is 0.861 bits per heavy atom. The van der Waals surface area contributed by atoms with E-state index in [0.29, 0.717) is 22.6 Å². The van der Waals surface area contributed by atoms with Gasteiger partial charge in [-0.3, -0.25) is 24.1 Å². The van der Waals surface area contributed by atoms with Crippen LogP contribution in [0.1, 0.15) is 49.4 Å². The van der Waals surface area contributed by atoms with Crippen molar-refractivity contribution in [1.82, 2.24) is 4.90 Å². The van der Waals surface area contributed by atoms with Gasteiger partial charge in [0.25, 0.3) is 5.91 Å². The van der Waals surface area contributed by atoms with Crippen LogP contribution in [0.2, 0.25) is 0 Å². The molecule has 0 radical (unpaired) electrons. The average molecular weight is 490 g/mol. The summed E-state index contributed by atoms with van der Waals surface area (Å²) in [5.41, 5.74) is 3.24. The van der Waals surface area contributed by atoms with Crippen molar-refractivity contribution in [2.45, 2.75) is 45.1 Å². The fourth-order valence-corrected chi connectivity index (χ4v) is 5.34. The predicted molar refractivity (Wildman–Crippen MR) is 138 cm³/mol. The normalized spacial score (nSPS) is 19.0. The molecule has 2 N–H and O–H groups in total. The van der Waals surface area contributed by atoms with E-state index < -0.39 is 0 Å². The van der Waals surface area contributed by atoms with Gasteiger partial charge in [0.05, 0.1) is 11.4 Å². The van der Waals surface area contributed by atoms with Gasteiger partial charge in [0.2, 0.25) is 17.7 Å². The second-order valence-corrected chi connectivity index (χ2v) is 9.64. The Morgan fingerprint density at radius 3 is 2.22 bits per heavy atom. The first-order chi connectivity index (χ1) is 17.4. The van der Waals surface area contributed by atoms with Gasteiger partial charge >= 0.3 is 0 Å². The molecule has 9 nitrogen and oxygen atoms in total. The summed E-state index contributed by atoms with van der Waals surface area (Å²) in [4.78, 5) is 56.4. The summed E-state index contributed by atoms with van der Waals surface area (Å²) in [6.45, 7) is 3.56. The van der Waals surface area contributed by atoms with Crippen LogP contribution in [-0.2, 0) is 14.4 Å². The number of hydrogen-bond donors (Lipinski definition) is 2. The van der Waals surface area contributed by atoms with Crippen molar-refractivity contribution in [2.24, 2.45) is 0 Å². The van der Waals surface area contributed by atoms with Gasteiger partial charge < -0.3 is 20.4 Å². The van der Waals surface area contributed by atoms with Crippen molar-refractivity contribution in [1.29, 1.82) is 0 Å². The van der Waals surface area contributed by atoms with Crippen LogP contribution in [0.3, 0.4) is 0 Å². The van der Waals surface area contributed by atoms with Crippen molar-refractivity contribution in [2.75, 3.05) is 46.6 Å². The quantitative estimate of drug-likeness (QED) is 0.672. The SMILES string of the molecule is CC(=O)Nc1ccc(NC(=O)CN2C(=O)[C@H]3CCCCN3c3ccc(C(=O)N4CCCC4)cc32)cc1. The van der Waals surface area contributed by atoms with Crippen molar-refractivity contribution in [3.05, 3.63) is 48.0 Å². The van der Waals surface area contributed by atoms with Gasteiger partial charge in [-0.25, -0.2) is 0 Å². The van der Waals surface area contributed by atoms with Crippen molar-refractivity contribution >= 4 is 46.4 Å². The number of piperidine rings is 1. The Hall–Kier alpha value is -3.88. The van der Waals surface area contributed by atoms with E-state index in [1.807, 2.05) is 17.0 Å². The van der Waals surface area contributed by atoms with Crippen LogP contribution in [0.5, 0.6) is 0 Å². The molecule has 188 valence electrons. The van der Waals surface area contributed by atoms with Crippen molar-refractivity contribution < 1.29 is 19.2 Å². The summed E-state index contributed by atoms with van der Waals surface area (Å²) >= 11 is 0. The maximum absolute atomic E-state index is 13.6. The molecule has 1 atom stereocenters. The highest BCUT2D eigenvalue weighted by molar-refractivity contribution is 6.11. The number of carbonyl (C=O) groups excluding carboxylic acids is 4. The third-order valence-electron chi connectivity index (χ3n) is 7.06. The monoisotopic (exact) mass is 489 g/mol. The molecule has 3 heterocycles.